The van der Waals surface area contributed by atoms with E-state index in [4.69, 9.17) is 6.42 Å². The van der Waals surface area contributed by atoms with Crippen LogP contribution in [0.3, 0.4) is 0 Å². The Morgan fingerprint density at radius 2 is 0.581 bits per heavy atom. The molecule has 0 amide bonds. The van der Waals surface area contributed by atoms with Crippen LogP contribution < -0.4 is 0 Å². The first-order chi connectivity index (χ1) is 40.0. The number of rotatable bonds is 31. The van der Waals surface area contributed by atoms with Crippen molar-refractivity contribution in [1.82, 2.24) is 0 Å². The number of hydrogen-bond donors (Lipinski definition) is 0. The summed E-state index contributed by atoms with van der Waals surface area (Å²) in [6, 6.07) is 0. The summed E-state index contributed by atoms with van der Waals surface area (Å²) in [5.41, 5.74) is 0. The van der Waals surface area contributed by atoms with E-state index in [1.807, 2.05) is 20.8 Å². The van der Waals surface area contributed by atoms with Gasteiger partial charge in [0.25, 0.3) is 0 Å². The maximum atomic E-state index is 11.6. The Balaban J connectivity index is -0.0000000129. The molecule has 0 saturated heterocycles. The van der Waals surface area contributed by atoms with Crippen molar-refractivity contribution in [3.8, 4) is 23.4 Å². The summed E-state index contributed by atoms with van der Waals surface area (Å²) < 4.78 is 255. The molecule has 0 aromatic heterocycles. The second-order valence-electron chi connectivity index (χ2n) is 15.6. The Bertz CT molecular complexity index is 3590. The minimum Gasteiger partial charge on any atom is -0.424 e. The zero-order valence-electron chi connectivity index (χ0n) is 76.2. The van der Waals surface area contributed by atoms with Crippen molar-refractivity contribution in [2.45, 2.75) is 157 Å². The first kappa shape index (κ1) is 302. The average molecular weight is 4020 g/mol. The van der Waals surface area contributed by atoms with E-state index in [0.717, 1.165) is 63.2 Å². The number of unbranched alkanes of at least 4 members (excludes halogenated alkanes) is 3. The van der Waals surface area contributed by atoms with E-state index in [1.165, 1.54) is 59.1 Å². The maximum absolute atomic E-state index is 11.6. The Hall–Kier alpha value is 26.2. The van der Waals surface area contributed by atoms with Gasteiger partial charge >= 0.3 is 98.1 Å². The molecule has 0 aliphatic heterocycles. The molecule has 0 aromatic rings. The van der Waals surface area contributed by atoms with Gasteiger partial charge < -0.3 is 92.1 Å². The standard InChI is InChI=1S/C10H17O4S2.C8H13O4S2.C8H9O4S2.C7H13O2S.C6H13O2S.C6H11O2S.C3H5O2S.C2H5O2S.C2H3O2S.9CH3.27Y/c1-4-7-15(11,12)9-10(6-3)16(13,14)8-5-2;2*1-4-8(14(11,12)6-3)7-13(9,10)5-2;1-3-5-7-10(8,9)6-4-2;2*1-3-5-6-9(7,8)4-2;1-2-3-6(4)5;2*1-2-5(3)4;;;;;;;;;;;;;;;;;;;;;;;;;;;;;;;;;;;;/h4-5,7-10H,6H2,1-3H3;5-8H,2-4H2,1H3;2-3,7-8H,4H2,1H3;4,6-7H,3,5H2,1-2H3;6H,3-5H2,1-2H3;4,6H,2-3,5H2,1H3;2-3H,1H3;2H2,1H3;2H,1H2;9*1H3;;;;;;;;;;;;;;;;;;;;;;;;;;;/q18*-1;;;;;;;;;;;;;;;;;;;;;;;;;3*+3/b7-4+,8-5+;;;6-4+;;;3-2+;;;;;;;;;;;;;;;;;;;;;;;;;;;;;;;;;;;;;;/t10-;2*8-;;;;;;;;;;;;;;;;;;;;;;;;;;;;;;;;;;;;;;;;;;/m010........................................../s1. The Morgan fingerprint density at radius 1 is 0.331 bits per heavy atom. The number of terminal acetylenes is 2. The van der Waals surface area contributed by atoms with Crippen molar-refractivity contribution < 1.29 is 984 Å². The molecule has 63 heteroatoms. The van der Waals surface area contributed by atoms with E-state index in [2.05, 4.69) is 32.7 Å². The van der Waals surface area contributed by atoms with Gasteiger partial charge in [0.2, 0.25) is 0 Å². The van der Waals surface area contributed by atoms with Gasteiger partial charge in [-0.05, 0) is 70.3 Å². The summed E-state index contributed by atoms with van der Waals surface area (Å²) in [5, 5.41) is 7.33. The molecule has 0 unspecified atom stereocenters. The van der Waals surface area contributed by atoms with Gasteiger partial charge in [0.1, 0.15) is 19.7 Å². The molecule has 0 heterocycles. The van der Waals surface area contributed by atoms with Crippen molar-refractivity contribution in [2.24, 2.45) is 0 Å². The third kappa shape index (κ3) is 234. The second kappa shape index (κ2) is 196. The molecule has 0 saturated carbocycles. The molecule has 24 radical (unpaired) electrons. The molecule has 0 aliphatic carbocycles. The smallest absolute Gasteiger partial charge is 0.424 e. The van der Waals surface area contributed by atoms with Gasteiger partial charge in [-0.3, -0.25) is 42.1 Å². The van der Waals surface area contributed by atoms with E-state index in [0.29, 0.717) is 30.4 Å². The van der Waals surface area contributed by atoms with Gasteiger partial charge in [-0.1, -0.05) is 170 Å². The normalized spacial score (nSPS) is 9.20. The van der Waals surface area contributed by atoms with Crippen LogP contribution in [0, 0.1) is 125 Å². The third-order valence-corrected chi connectivity index (χ3v) is 23.1. The summed E-state index contributed by atoms with van der Waals surface area (Å²) in [6.07, 6.45) is 20.2. The van der Waals surface area contributed by atoms with Crippen LogP contribution in [0.2, 0.25) is 0 Å². The van der Waals surface area contributed by atoms with E-state index < -0.39 is 136 Å². The molecule has 0 rings (SSSR count). The van der Waals surface area contributed by atoms with Gasteiger partial charge in [-0.15, -0.1) is 36.3 Å². The topological polar surface area (TPSA) is 410 Å². The van der Waals surface area contributed by atoms with Gasteiger partial charge in [0, 0.05) is 856 Å². The van der Waals surface area contributed by atoms with E-state index >= 15 is 0 Å². The fourth-order valence-electron chi connectivity index (χ4n) is 4.06. The zero-order chi connectivity index (χ0) is 71.9. The van der Waals surface area contributed by atoms with Crippen LogP contribution in [0.25, 0.3) is 0 Å². The first-order valence-corrected chi connectivity index (χ1v) is 43.4. The predicted octanol–water partition coefficient (Wildman–Crippen LogP) is 13.2. The Labute approximate surface area is 1450 Å². The van der Waals surface area contributed by atoms with Crippen LogP contribution in [0.5, 0.6) is 0 Å². The molecule has 0 fully saturated rings. The molecule has 0 aromatic carbocycles. The quantitative estimate of drug-likeness (QED) is 0.0269. The van der Waals surface area contributed by atoms with Crippen LogP contribution in [0.1, 0.15) is 141 Å². The Morgan fingerprint density at radius 3 is 0.766 bits per heavy atom. The third-order valence-electron chi connectivity index (χ3n) is 8.43. The summed E-state index contributed by atoms with van der Waals surface area (Å²) in [6.45, 7) is 32.6. The minimum atomic E-state index is -3.90. The SMILES string of the molecule is C#CS(=O)(=O)[CH-][C@H](CC)S(=O)(=O)C#C.C/C=C/S(=O)(=O)[CH-]CCC.C/C=C/S(=O)(=O)[CH-][C@H](CC)S(=O)(=O)/C=C/C.C/C=C/[S-](=O)=O.C=CS(=O)(=O)[CH-]CCC.C=CS(=O)(=O)[CH-][C@@H](CC)S(=O)(=O)C=C.C=C[S-](=O)=O.CCC[CH-]S(=O)(=O)CC.CC[S-](=O)=O.[CH3-].[CH3-].[CH3-].[CH3-].[CH3-].[CH3-].[CH3-].[CH3-].[CH3-].[Y+3].[Y+3].[Y+3].[Y].[Y].[Y].[Y].[Y].[Y].[Y].[Y].[Y].[Y].[Y].[Y].[Y].[Y].[Y].[Y].[Y].[Y].[Y].[Y].[Y].[Y].[Y].[Y]. The molecular formula is C61H116O24S12Y27-9. The van der Waals surface area contributed by atoms with E-state index in [-0.39, 0.29) is 981 Å². The molecule has 124 heavy (non-hydrogen) atoms. The second-order valence-corrected chi connectivity index (χ2v) is 35.5. The van der Waals surface area contributed by atoms with Crippen molar-refractivity contribution in [1.29, 1.82) is 0 Å². The summed E-state index contributed by atoms with van der Waals surface area (Å²) in [5.74, 6) is 6.70. The molecule has 0 spiro atoms. The largest absolute Gasteiger partial charge is 3.00 e. The van der Waals surface area contributed by atoms with Crippen LogP contribution in [-0.2, 0) is 1030 Å². The number of sulfone groups is 9. The van der Waals surface area contributed by atoms with Gasteiger partial charge in [-0.2, -0.15) is 36.5 Å². The first-order valence-electron chi connectivity index (χ1n) is 25.5. The van der Waals surface area contributed by atoms with E-state index in [9.17, 15) is 101 Å². The van der Waals surface area contributed by atoms with Gasteiger partial charge in [-0.25, -0.2) is 50.9 Å². The minimum absolute atomic E-state index is 0. The zero-order valence-corrected chi connectivity index (χ0v) is 163. The molecule has 0 N–H and O–H groups in total. The van der Waals surface area contributed by atoms with Crippen LogP contribution in [0.4, 0.5) is 0 Å². The Kier molecular flexibility index (Phi) is 478. The number of allylic oxidation sites excluding steroid dienone is 4. The molecule has 0 aliphatic rings. The fraction of sp³-hybridized carbons (Fsp3) is 0.426. The molecule has 0 bridgehead atoms. The fourth-order valence-corrected chi connectivity index (χ4v) is 14.9. The molecular weight excluding hydrogens is 3900 g/mol. The van der Waals surface area contributed by atoms with Crippen LogP contribution in [0.15, 0.2) is 93.9 Å². The summed E-state index contributed by atoms with van der Waals surface area (Å²) >= 11 is 0. The van der Waals surface area contributed by atoms with Crippen LogP contribution >= 0.6 is 0 Å². The van der Waals surface area contributed by atoms with Gasteiger partial charge in [0.15, 0.2) is 9.84 Å². The van der Waals surface area contributed by atoms with Crippen molar-refractivity contribution >= 4 is 121 Å². The van der Waals surface area contributed by atoms with E-state index in [1.54, 1.807) is 60.6 Å². The van der Waals surface area contributed by atoms with Crippen molar-refractivity contribution in [3.63, 3.8) is 0 Å². The molecule has 3 atom stereocenters. The van der Waals surface area contributed by atoms with Crippen molar-refractivity contribution in [3.05, 3.63) is 195 Å². The van der Waals surface area contributed by atoms with Crippen molar-refractivity contribution in [2.75, 3.05) is 11.5 Å². The summed E-state index contributed by atoms with van der Waals surface area (Å²) in [4.78, 5) is 0. The number of hydrogen-bond acceptors (Lipinski definition) is 27. The predicted molar refractivity (Wildman–Crippen MR) is 416 cm³/mol. The molecule has 666 valence electrons. The monoisotopic (exact) mass is 4020 g/mol. The maximum Gasteiger partial charge on any atom is 3.00 e. The summed E-state index contributed by atoms with van der Waals surface area (Å²) in [7, 11) is -36.7. The molecule has 24 nitrogen and oxygen atoms in total. The van der Waals surface area contributed by atoms with Gasteiger partial charge in [0.05, 0.1) is 9.84 Å². The average Bonchev–Trinajstić information content (AvgIpc) is 3.44. The van der Waals surface area contributed by atoms with Crippen LogP contribution in [-0.4, -0.2) is 103 Å².